The maximum Gasteiger partial charge on any atom is 0.338 e. The summed E-state index contributed by atoms with van der Waals surface area (Å²) in [5.41, 5.74) is 2.74. The molecule has 0 aliphatic carbocycles. The largest absolute Gasteiger partial charge is 0.491 e. The van der Waals surface area contributed by atoms with Crippen LogP contribution in [0.2, 0.25) is 0 Å². The lowest BCUT2D eigenvalue weighted by atomic mass is 9.95. The second-order valence-electron chi connectivity index (χ2n) is 10.0. The average molecular weight is 587 g/mol. The van der Waals surface area contributed by atoms with Crippen molar-refractivity contribution in [2.45, 2.75) is 46.8 Å². The maximum absolute atomic E-state index is 14.0. The van der Waals surface area contributed by atoms with Crippen molar-refractivity contribution in [2.75, 3.05) is 6.61 Å². The van der Waals surface area contributed by atoms with Crippen molar-refractivity contribution in [3.63, 3.8) is 0 Å². The minimum atomic E-state index is -1.00. The number of aryl methyl sites for hydroxylation is 1. The topological polar surface area (TPSA) is 120 Å². The molecule has 1 atom stereocenters. The highest BCUT2D eigenvalue weighted by molar-refractivity contribution is 7.07. The van der Waals surface area contributed by atoms with E-state index in [2.05, 4.69) is 4.99 Å². The number of para-hydroxylation sites is 1. The Bertz CT molecular complexity index is 1910. The smallest absolute Gasteiger partial charge is 0.338 e. The predicted octanol–water partition coefficient (Wildman–Crippen LogP) is 4.85. The van der Waals surface area contributed by atoms with Crippen molar-refractivity contribution < 1.29 is 28.6 Å². The van der Waals surface area contributed by atoms with Gasteiger partial charge in [0.2, 0.25) is 0 Å². The number of carbonyl (C=O) groups is 2. The number of rotatable bonds is 8. The molecule has 0 spiro atoms. The number of aromatic nitrogens is 1. The Kier molecular flexibility index (Phi) is 8.00. The van der Waals surface area contributed by atoms with Crippen molar-refractivity contribution >= 4 is 29.4 Å². The number of nitrogens with zero attached hydrogens (tertiary/aromatic N) is 2. The highest BCUT2D eigenvalue weighted by Crippen LogP contribution is 2.36. The number of esters is 1. The highest BCUT2D eigenvalue weighted by Gasteiger charge is 2.35. The van der Waals surface area contributed by atoms with Gasteiger partial charge in [0.05, 0.1) is 34.1 Å². The predicted molar refractivity (Wildman–Crippen MR) is 158 cm³/mol. The first-order valence-electron chi connectivity index (χ1n) is 13.5. The first-order chi connectivity index (χ1) is 20.1. The lowest BCUT2D eigenvalue weighted by Gasteiger charge is -2.26. The number of ether oxygens (including phenoxy) is 2. The Morgan fingerprint density at radius 1 is 1.14 bits per heavy atom. The Labute approximate surface area is 245 Å². The van der Waals surface area contributed by atoms with Gasteiger partial charge in [0.25, 0.3) is 5.56 Å². The Balaban J connectivity index is 1.64. The van der Waals surface area contributed by atoms with Crippen LogP contribution in [0, 0.1) is 6.92 Å². The summed E-state index contributed by atoms with van der Waals surface area (Å²) in [7, 11) is 0. The van der Waals surface area contributed by atoms with Gasteiger partial charge in [0.15, 0.2) is 4.80 Å². The molecule has 2 aromatic carbocycles. The van der Waals surface area contributed by atoms with Crippen LogP contribution in [-0.4, -0.2) is 34.3 Å². The molecule has 0 amide bonds. The quantitative estimate of drug-likeness (QED) is 0.293. The summed E-state index contributed by atoms with van der Waals surface area (Å²) in [6.07, 6.45) is 1.51. The summed E-state index contributed by atoms with van der Waals surface area (Å²) < 4.78 is 19.4. The van der Waals surface area contributed by atoms with Crippen LogP contribution in [0.5, 0.6) is 5.75 Å². The molecule has 1 N–H and O–H groups in total. The van der Waals surface area contributed by atoms with Crippen LogP contribution in [0.4, 0.5) is 0 Å². The molecule has 0 radical (unpaired) electrons. The Hall–Kier alpha value is -4.70. The molecule has 0 saturated carbocycles. The zero-order valence-electron chi connectivity index (χ0n) is 23.8. The van der Waals surface area contributed by atoms with E-state index in [-0.39, 0.29) is 29.4 Å². The van der Waals surface area contributed by atoms with Crippen molar-refractivity contribution in [3.8, 4) is 17.1 Å². The van der Waals surface area contributed by atoms with E-state index in [9.17, 15) is 19.5 Å². The zero-order valence-corrected chi connectivity index (χ0v) is 24.7. The van der Waals surface area contributed by atoms with Gasteiger partial charge in [-0.2, -0.15) is 0 Å². The lowest BCUT2D eigenvalue weighted by molar-refractivity contribution is -0.139. The number of benzene rings is 2. The fraction of sp³-hybridized carbons (Fsp3) is 0.250. The van der Waals surface area contributed by atoms with Gasteiger partial charge in [-0.3, -0.25) is 9.36 Å². The van der Waals surface area contributed by atoms with Gasteiger partial charge in [0, 0.05) is 17.2 Å². The van der Waals surface area contributed by atoms with Gasteiger partial charge in [-0.1, -0.05) is 35.6 Å². The summed E-state index contributed by atoms with van der Waals surface area (Å²) in [6, 6.07) is 14.9. The van der Waals surface area contributed by atoms with E-state index in [1.807, 2.05) is 45.0 Å². The van der Waals surface area contributed by atoms with Crippen LogP contribution in [0.1, 0.15) is 61.0 Å². The van der Waals surface area contributed by atoms with E-state index in [0.29, 0.717) is 37.9 Å². The van der Waals surface area contributed by atoms with Gasteiger partial charge < -0.3 is 19.0 Å². The zero-order chi connectivity index (χ0) is 30.1. The number of aromatic carboxylic acids is 1. The highest BCUT2D eigenvalue weighted by atomic mass is 32.1. The van der Waals surface area contributed by atoms with Crippen LogP contribution in [-0.2, 0) is 9.53 Å². The van der Waals surface area contributed by atoms with Crippen LogP contribution >= 0.6 is 11.3 Å². The number of thiazole rings is 1. The molecule has 216 valence electrons. The fourth-order valence-corrected chi connectivity index (χ4v) is 5.96. The van der Waals surface area contributed by atoms with Crippen molar-refractivity contribution in [1.82, 2.24) is 4.57 Å². The molecular weight excluding hydrogens is 556 g/mol. The number of carboxylic acids is 1. The second-order valence-corrected chi connectivity index (χ2v) is 11.1. The molecule has 10 heteroatoms. The van der Waals surface area contributed by atoms with E-state index in [1.165, 1.54) is 22.0 Å². The molecule has 5 rings (SSSR count). The van der Waals surface area contributed by atoms with Gasteiger partial charge in [0.1, 0.15) is 23.3 Å². The molecule has 0 unspecified atom stereocenters. The van der Waals surface area contributed by atoms with Crippen molar-refractivity contribution in [1.29, 1.82) is 0 Å². The fourth-order valence-electron chi connectivity index (χ4n) is 4.93. The third-order valence-corrected chi connectivity index (χ3v) is 7.72. The van der Waals surface area contributed by atoms with Crippen LogP contribution in [0.25, 0.3) is 17.4 Å². The maximum atomic E-state index is 14.0. The van der Waals surface area contributed by atoms with Crippen molar-refractivity contribution in [3.05, 3.63) is 108 Å². The summed E-state index contributed by atoms with van der Waals surface area (Å²) in [6.45, 7) is 9.28. The van der Waals surface area contributed by atoms with Crippen LogP contribution in [0.3, 0.4) is 0 Å². The molecule has 3 heterocycles. The molecule has 9 nitrogen and oxygen atoms in total. The summed E-state index contributed by atoms with van der Waals surface area (Å²) >= 11 is 1.20. The lowest BCUT2D eigenvalue weighted by Crippen LogP contribution is -2.40. The molecule has 0 saturated heterocycles. The minimum absolute atomic E-state index is 0.129. The van der Waals surface area contributed by atoms with Crippen molar-refractivity contribution in [2.24, 2.45) is 4.99 Å². The summed E-state index contributed by atoms with van der Waals surface area (Å²) in [5, 5.41) is 9.27. The summed E-state index contributed by atoms with van der Waals surface area (Å²) in [5.74, 6) is -0.000898. The second kappa shape index (κ2) is 11.7. The molecule has 1 aliphatic heterocycles. The third kappa shape index (κ3) is 5.45. The molecule has 0 bridgehead atoms. The molecule has 0 fully saturated rings. The van der Waals surface area contributed by atoms with E-state index >= 15 is 0 Å². The third-order valence-electron chi connectivity index (χ3n) is 6.73. The van der Waals surface area contributed by atoms with Crippen LogP contribution in [0.15, 0.2) is 80.1 Å². The van der Waals surface area contributed by atoms with Gasteiger partial charge in [-0.05, 0) is 70.5 Å². The number of carbonyl (C=O) groups excluding carboxylic acids is 1. The van der Waals surface area contributed by atoms with E-state index < -0.39 is 18.0 Å². The number of carboxylic acid groups (broad SMARTS) is 1. The first kappa shape index (κ1) is 28.8. The monoisotopic (exact) mass is 586 g/mol. The van der Waals surface area contributed by atoms with Gasteiger partial charge in [-0.15, -0.1) is 0 Å². The number of fused-ring (bicyclic) bond motifs is 1. The number of allylic oxidation sites excluding steroid dienone is 1. The molecular formula is C32H30N2O7S. The first-order valence-corrected chi connectivity index (χ1v) is 14.3. The van der Waals surface area contributed by atoms with Crippen LogP contribution < -0.4 is 19.6 Å². The summed E-state index contributed by atoms with van der Waals surface area (Å²) in [4.78, 5) is 43.6. The van der Waals surface area contributed by atoms with E-state index in [4.69, 9.17) is 13.9 Å². The number of furan rings is 1. The average Bonchev–Trinajstić information content (AvgIpc) is 3.52. The standard InChI is InChI=1S/C32H30N2O7S/c1-6-39-31(38)27-19(5)33-32-34(28(27)23-9-7-8-10-24(23)40-17(2)3)29(35)26(42-32)16-21-12-14-25(41-21)22-13-11-20(30(36)37)15-18(22)4/h7-17,28H,6H2,1-5H3,(H,36,37)/b26-16+/t28-/m0/s1. The Morgan fingerprint density at radius 2 is 1.90 bits per heavy atom. The minimum Gasteiger partial charge on any atom is -0.491 e. The van der Waals surface area contributed by atoms with E-state index in [1.54, 1.807) is 44.2 Å². The molecule has 4 aromatic rings. The molecule has 2 aromatic heterocycles. The molecule has 42 heavy (non-hydrogen) atoms. The SMILES string of the molecule is CCOC(=O)C1=C(C)N=c2s/c(=C/c3ccc(-c4ccc(C(=O)O)cc4C)o3)c(=O)n2[C@H]1c1ccccc1OC(C)C. The number of hydrogen-bond acceptors (Lipinski definition) is 8. The van der Waals surface area contributed by atoms with Gasteiger partial charge in [-0.25, -0.2) is 14.6 Å². The van der Waals surface area contributed by atoms with E-state index in [0.717, 1.165) is 11.1 Å². The normalized spacial score (nSPS) is 15.0. The Morgan fingerprint density at radius 3 is 2.60 bits per heavy atom. The van der Waals surface area contributed by atoms with Gasteiger partial charge >= 0.3 is 11.9 Å². The number of hydrogen-bond donors (Lipinski definition) is 1. The molecule has 1 aliphatic rings.